The van der Waals surface area contributed by atoms with Crippen molar-refractivity contribution in [3.8, 4) is 0 Å². The molecule has 0 unspecified atom stereocenters. The molecule has 0 radical (unpaired) electrons. The fourth-order valence-electron chi connectivity index (χ4n) is 2.65. The van der Waals surface area contributed by atoms with Crippen molar-refractivity contribution in [2.75, 3.05) is 23.7 Å². The molecule has 7 heteroatoms. The van der Waals surface area contributed by atoms with Crippen LogP contribution in [0.25, 0.3) is 0 Å². The largest absolute Gasteiger partial charge is 0.339 e. The van der Waals surface area contributed by atoms with Gasteiger partial charge in [-0.05, 0) is 30.7 Å². The Labute approximate surface area is 154 Å². The van der Waals surface area contributed by atoms with Gasteiger partial charge in [0.05, 0.1) is 11.9 Å². The Balaban J connectivity index is 2.08. The number of benzene rings is 2. The summed E-state index contributed by atoms with van der Waals surface area (Å²) in [5.74, 6) is -0.678. The summed E-state index contributed by atoms with van der Waals surface area (Å²) in [5.41, 5.74) is 1.22. The van der Waals surface area contributed by atoms with Gasteiger partial charge in [-0.1, -0.05) is 36.4 Å². The molecule has 1 amide bonds. The van der Waals surface area contributed by atoms with Gasteiger partial charge in [-0.15, -0.1) is 0 Å². The van der Waals surface area contributed by atoms with E-state index >= 15 is 0 Å². The number of sulfonamides is 1. The number of hydrogen-bond acceptors (Lipinski definition) is 3. The lowest BCUT2D eigenvalue weighted by atomic mass is 10.2. The van der Waals surface area contributed by atoms with Crippen molar-refractivity contribution in [1.29, 1.82) is 0 Å². The zero-order valence-electron chi connectivity index (χ0n) is 14.9. The summed E-state index contributed by atoms with van der Waals surface area (Å²) in [6.07, 6.45) is 1.06. The lowest BCUT2D eigenvalue weighted by molar-refractivity contribution is -0.131. The predicted octanol–water partition coefficient (Wildman–Crippen LogP) is 3.03. The number of anilines is 1. The third-order valence-corrected chi connectivity index (χ3v) is 5.17. The van der Waals surface area contributed by atoms with Gasteiger partial charge in [0.1, 0.15) is 5.82 Å². The van der Waals surface area contributed by atoms with E-state index < -0.39 is 15.8 Å². The number of halogens is 1. The average Bonchev–Trinajstić information content (AvgIpc) is 2.59. The summed E-state index contributed by atoms with van der Waals surface area (Å²) in [6, 6.07) is 14.9. The number of carbonyl (C=O) groups is 1. The lowest BCUT2D eigenvalue weighted by Gasteiger charge is -2.25. The number of rotatable bonds is 8. The number of hydrogen-bond donors (Lipinski definition) is 0. The van der Waals surface area contributed by atoms with E-state index in [0.717, 1.165) is 22.2 Å². The standard InChI is InChI=1S/C19H23FN2O3S/c1-3-21(15-16-8-5-4-6-9-16)19(23)12-13-22(26(2,24)25)18-11-7-10-17(20)14-18/h4-11,14H,3,12-13,15H2,1-2H3. The van der Waals surface area contributed by atoms with Crippen molar-refractivity contribution in [3.05, 3.63) is 66.0 Å². The van der Waals surface area contributed by atoms with E-state index in [1.807, 2.05) is 37.3 Å². The summed E-state index contributed by atoms with van der Waals surface area (Å²) in [4.78, 5) is 14.2. The summed E-state index contributed by atoms with van der Waals surface area (Å²) in [6.45, 7) is 2.83. The lowest BCUT2D eigenvalue weighted by Crippen LogP contribution is -2.36. The average molecular weight is 378 g/mol. The van der Waals surface area contributed by atoms with Gasteiger partial charge < -0.3 is 4.90 Å². The second-order valence-electron chi connectivity index (χ2n) is 5.96. The van der Waals surface area contributed by atoms with E-state index in [0.29, 0.717) is 13.1 Å². The van der Waals surface area contributed by atoms with Crippen molar-refractivity contribution in [2.24, 2.45) is 0 Å². The molecule has 0 N–H and O–H groups in total. The van der Waals surface area contributed by atoms with E-state index in [4.69, 9.17) is 0 Å². The fourth-order valence-corrected chi connectivity index (χ4v) is 3.57. The van der Waals surface area contributed by atoms with Crippen LogP contribution in [0, 0.1) is 5.82 Å². The van der Waals surface area contributed by atoms with Crippen LogP contribution in [0.3, 0.4) is 0 Å². The van der Waals surface area contributed by atoms with Gasteiger partial charge in [-0.2, -0.15) is 0 Å². The third-order valence-electron chi connectivity index (χ3n) is 3.98. The van der Waals surface area contributed by atoms with Crippen LogP contribution in [0.4, 0.5) is 10.1 Å². The highest BCUT2D eigenvalue weighted by atomic mass is 32.2. The Morgan fingerprint density at radius 2 is 1.77 bits per heavy atom. The minimum absolute atomic E-state index is 0.0181. The molecule has 0 saturated carbocycles. The van der Waals surface area contributed by atoms with Crippen LogP contribution in [0.5, 0.6) is 0 Å². The van der Waals surface area contributed by atoms with E-state index in [1.54, 1.807) is 4.90 Å². The van der Waals surface area contributed by atoms with Crippen molar-refractivity contribution >= 4 is 21.6 Å². The van der Waals surface area contributed by atoms with E-state index in [-0.39, 0.29) is 24.6 Å². The number of carbonyl (C=O) groups excluding carboxylic acids is 1. The molecule has 0 aliphatic rings. The topological polar surface area (TPSA) is 57.7 Å². The van der Waals surface area contributed by atoms with Crippen LogP contribution < -0.4 is 4.31 Å². The number of nitrogens with zero attached hydrogens (tertiary/aromatic N) is 2. The quantitative estimate of drug-likeness (QED) is 0.709. The summed E-state index contributed by atoms with van der Waals surface area (Å²) < 4.78 is 38.6. The minimum atomic E-state index is -3.63. The summed E-state index contributed by atoms with van der Waals surface area (Å²) >= 11 is 0. The molecule has 0 aliphatic carbocycles. The van der Waals surface area contributed by atoms with Crippen molar-refractivity contribution in [2.45, 2.75) is 19.9 Å². The molecule has 0 heterocycles. The van der Waals surface area contributed by atoms with Crippen LogP contribution in [-0.4, -0.2) is 38.6 Å². The van der Waals surface area contributed by atoms with Gasteiger partial charge in [0, 0.05) is 26.1 Å². The van der Waals surface area contributed by atoms with Crippen molar-refractivity contribution in [3.63, 3.8) is 0 Å². The van der Waals surface area contributed by atoms with Crippen LogP contribution in [0.15, 0.2) is 54.6 Å². The molecule has 0 bridgehead atoms. The zero-order chi connectivity index (χ0) is 19.2. The highest BCUT2D eigenvalue weighted by Gasteiger charge is 2.21. The maximum Gasteiger partial charge on any atom is 0.232 e. The highest BCUT2D eigenvalue weighted by Crippen LogP contribution is 2.19. The Kier molecular flexibility index (Phi) is 6.74. The molecule has 0 aromatic heterocycles. The molecule has 2 aromatic rings. The first-order valence-corrected chi connectivity index (χ1v) is 10.2. The first-order valence-electron chi connectivity index (χ1n) is 8.36. The zero-order valence-corrected chi connectivity index (χ0v) is 15.7. The molecule has 26 heavy (non-hydrogen) atoms. The highest BCUT2D eigenvalue weighted by molar-refractivity contribution is 7.92. The van der Waals surface area contributed by atoms with Gasteiger partial charge in [0.15, 0.2) is 0 Å². The first-order chi connectivity index (χ1) is 12.3. The molecule has 0 aliphatic heterocycles. The van der Waals surface area contributed by atoms with Crippen molar-refractivity contribution < 1.29 is 17.6 Å². The molecular weight excluding hydrogens is 355 g/mol. The Bertz CT molecular complexity index is 841. The monoisotopic (exact) mass is 378 g/mol. The first kappa shape index (κ1) is 19.9. The van der Waals surface area contributed by atoms with Gasteiger partial charge in [0.25, 0.3) is 0 Å². The molecular formula is C19H23FN2O3S. The van der Waals surface area contributed by atoms with Crippen LogP contribution in [-0.2, 0) is 21.4 Å². The summed E-state index contributed by atoms with van der Waals surface area (Å²) in [5, 5.41) is 0. The second-order valence-corrected chi connectivity index (χ2v) is 7.87. The molecule has 2 rings (SSSR count). The minimum Gasteiger partial charge on any atom is -0.339 e. The molecule has 140 valence electrons. The van der Waals surface area contributed by atoms with Crippen molar-refractivity contribution in [1.82, 2.24) is 4.90 Å². The van der Waals surface area contributed by atoms with Crippen LogP contribution in [0.2, 0.25) is 0 Å². The van der Waals surface area contributed by atoms with Gasteiger partial charge in [-0.3, -0.25) is 9.10 Å². The molecule has 5 nitrogen and oxygen atoms in total. The Morgan fingerprint density at radius 3 is 2.35 bits per heavy atom. The Hall–Kier alpha value is -2.41. The predicted molar refractivity (Wildman–Crippen MR) is 101 cm³/mol. The molecule has 0 spiro atoms. The smallest absolute Gasteiger partial charge is 0.232 e. The maximum absolute atomic E-state index is 13.4. The summed E-state index contributed by atoms with van der Waals surface area (Å²) in [7, 11) is -3.63. The van der Waals surface area contributed by atoms with Gasteiger partial charge >= 0.3 is 0 Å². The van der Waals surface area contributed by atoms with Crippen LogP contribution >= 0.6 is 0 Å². The van der Waals surface area contributed by atoms with Crippen LogP contribution in [0.1, 0.15) is 18.9 Å². The van der Waals surface area contributed by atoms with E-state index in [9.17, 15) is 17.6 Å². The maximum atomic E-state index is 13.4. The molecule has 2 aromatic carbocycles. The van der Waals surface area contributed by atoms with E-state index in [2.05, 4.69) is 0 Å². The van der Waals surface area contributed by atoms with Gasteiger partial charge in [0.2, 0.25) is 15.9 Å². The fraction of sp³-hybridized carbons (Fsp3) is 0.316. The molecule has 0 saturated heterocycles. The molecule has 0 atom stereocenters. The third kappa shape index (κ3) is 5.56. The van der Waals surface area contributed by atoms with Gasteiger partial charge in [-0.25, -0.2) is 12.8 Å². The second kappa shape index (κ2) is 8.80. The Morgan fingerprint density at radius 1 is 1.08 bits per heavy atom. The number of amides is 1. The van der Waals surface area contributed by atoms with E-state index in [1.165, 1.54) is 18.2 Å². The normalized spacial score (nSPS) is 11.2. The SMILES string of the molecule is CCN(Cc1ccccc1)C(=O)CCN(c1cccc(F)c1)S(C)(=O)=O. The molecule has 0 fully saturated rings.